The summed E-state index contributed by atoms with van der Waals surface area (Å²) in [5.41, 5.74) is 1.42. The molecule has 0 spiro atoms. The molecule has 0 saturated carbocycles. The van der Waals surface area contributed by atoms with Crippen molar-refractivity contribution in [3.63, 3.8) is 0 Å². The summed E-state index contributed by atoms with van der Waals surface area (Å²) in [6, 6.07) is 5.09. The van der Waals surface area contributed by atoms with Gasteiger partial charge >= 0.3 is 0 Å². The van der Waals surface area contributed by atoms with Gasteiger partial charge < -0.3 is 5.32 Å². The summed E-state index contributed by atoms with van der Waals surface area (Å²) in [5, 5.41) is 3.08. The van der Waals surface area contributed by atoms with E-state index < -0.39 is 0 Å². The van der Waals surface area contributed by atoms with Crippen LogP contribution in [-0.4, -0.2) is 6.54 Å². The van der Waals surface area contributed by atoms with Crippen LogP contribution in [0.2, 0.25) is 0 Å². The van der Waals surface area contributed by atoms with Gasteiger partial charge in [-0.1, -0.05) is 18.9 Å². The monoisotopic (exact) mass is 191 g/mol. The predicted octanol–water partition coefficient (Wildman–Crippen LogP) is 2.31. The van der Waals surface area contributed by atoms with E-state index in [1.165, 1.54) is 6.07 Å². The molecule has 0 heterocycles. The van der Waals surface area contributed by atoms with Gasteiger partial charge in [0.2, 0.25) is 0 Å². The topological polar surface area (TPSA) is 12.0 Å². The Morgan fingerprint density at radius 1 is 1.43 bits per heavy atom. The SMILES string of the molecule is CC#Cc1ccc(CNCC)c(F)c1. The van der Waals surface area contributed by atoms with E-state index in [-0.39, 0.29) is 5.82 Å². The fraction of sp³-hybridized carbons (Fsp3) is 0.333. The molecular weight excluding hydrogens is 177 g/mol. The number of hydrogen-bond acceptors (Lipinski definition) is 1. The predicted molar refractivity (Wildman–Crippen MR) is 56.3 cm³/mol. The van der Waals surface area contributed by atoms with Crippen molar-refractivity contribution >= 4 is 0 Å². The van der Waals surface area contributed by atoms with Gasteiger partial charge in [-0.2, -0.15) is 0 Å². The van der Waals surface area contributed by atoms with Crippen LogP contribution in [0.3, 0.4) is 0 Å². The summed E-state index contributed by atoms with van der Waals surface area (Å²) >= 11 is 0. The average molecular weight is 191 g/mol. The maximum absolute atomic E-state index is 13.4. The Hall–Kier alpha value is -1.33. The smallest absolute Gasteiger partial charge is 0.128 e. The van der Waals surface area contributed by atoms with Crippen LogP contribution in [0, 0.1) is 17.7 Å². The highest BCUT2D eigenvalue weighted by molar-refractivity contribution is 5.36. The minimum absolute atomic E-state index is 0.189. The fourth-order valence-electron chi connectivity index (χ4n) is 1.17. The first kappa shape index (κ1) is 10.7. The molecule has 0 atom stereocenters. The molecule has 1 aromatic rings. The second-order valence-electron chi connectivity index (χ2n) is 2.96. The summed E-state index contributed by atoms with van der Waals surface area (Å²) in [4.78, 5) is 0. The molecule has 0 amide bonds. The van der Waals surface area contributed by atoms with Gasteiger partial charge in [0, 0.05) is 17.7 Å². The molecule has 0 bridgehead atoms. The molecule has 0 aliphatic carbocycles. The molecule has 1 N–H and O–H groups in total. The van der Waals surface area contributed by atoms with E-state index in [2.05, 4.69) is 17.2 Å². The average Bonchev–Trinajstić information content (AvgIpc) is 2.17. The van der Waals surface area contributed by atoms with Gasteiger partial charge in [-0.3, -0.25) is 0 Å². The van der Waals surface area contributed by atoms with Crippen molar-refractivity contribution in [2.24, 2.45) is 0 Å². The number of benzene rings is 1. The van der Waals surface area contributed by atoms with Gasteiger partial charge in [-0.15, -0.1) is 5.92 Å². The zero-order valence-electron chi connectivity index (χ0n) is 8.52. The van der Waals surface area contributed by atoms with Crippen LogP contribution in [-0.2, 0) is 6.54 Å². The van der Waals surface area contributed by atoms with Gasteiger partial charge in [0.05, 0.1) is 0 Å². The highest BCUT2D eigenvalue weighted by Gasteiger charge is 2.01. The van der Waals surface area contributed by atoms with Crippen LogP contribution in [0.1, 0.15) is 25.0 Å². The fourth-order valence-corrected chi connectivity index (χ4v) is 1.17. The molecule has 14 heavy (non-hydrogen) atoms. The maximum atomic E-state index is 13.4. The normalized spacial score (nSPS) is 9.36. The van der Waals surface area contributed by atoms with E-state index in [1.807, 2.05) is 13.0 Å². The summed E-state index contributed by atoms with van der Waals surface area (Å²) in [6.45, 7) is 5.15. The van der Waals surface area contributed by atoms with Gasteiger partial charge in [-0.05, 0) is 25.6 Å². The molecule has 0 aliphatic rings. The summed E-state index contributed by atoms with van der Waals surface area (Å²) in [5.74, 6) is 5.37. The number of rotatable bonds is 3. The highest BCUT2D eigenvalue weighted by Crippen LogP contribution is 2.09. The van der Waals surface area contributed by atoms with Crippen molar-refractivity contribution < 1.29 is 4.39 Å². The van der Waals surface area contributed by atoms with E-state index in [9.17, 15) is 4.39 Å². The molecule has 0 radical (unpaired) electrons. The van der Waals surface area contributed by atoms with Crippen molar-refractivity contribution in [3.05, 3.63) is 35.1 Å². The van der Waals surface area contributed by atoms with Crippen molar-refractivity contribution in [2.45, 2.75) is 20.4 Å². The van der Waals surface area contributed by atoms with Gasteiger partial charge in [0.25, 0.3) is 0 Å². The largest absolute Gasteiger partial charge is 0.313 e. The quantitative estimate of drug-likeness (QED) is 0.723. The zero-order chi connectivity index (χ0) is 10.4. The van der Waals surface area contributed by atoms with E-state index in [0.717, 1.165) is 12.1 Å². The molecule has 0 aliphatic heterocycles. The summed E-state index contributed by atoms with van der Waals surface area (Å²) < 4.78 is 13.4. The zero-order valence-corrected chi connectivity index (χ0v) is 8.52. The van der Waals surface area contributed by atoms with Crippen molar-refractivity contribution in [1.82, 2.24) is 5.32 Å². The first-order valence-corrected chi connectivity index (χ1v) is 4.69. The Bertz CT molecular complexity index is 360. The second-order valence-corrected chi connectivity index (χ2v) is 2.96. The van der Waals surface area contributed by atoms with Gasteiger partial charge in [-0.25, -0.2) is 4.39 Å². The minimum atomic E-state index is -0.189. The molecule has 74 valence electrons. The molecule has 0 unspecified atom stereocenters. The first-order chi connectivity index (χ1) is 6.77. The first-order valence-electron chi connectivity index (χ1n) is 4.69. The Labute approximate surface area is 84.3 Å². The second kappa shape index (κ2) is 5.41. The van der Waals surface area contributed by atoms with Crippen LogP contribution < -0.4 is 5.32 Å². The lowest BCUT2D eigenvalue weighted by Crippen LogP contribution is -2.12. The van der Waals surface area contributed by atoms with Crippen LogP contribution in [0.4, 0.5) is 4.39 Å². The number of nitrogens with one attached hydrogen (secondary N) is 1. The Morgan fingerprint density at radius 2 is 2.21 bits per heavy atom. The lowest BCUT2D eigenvalue weighted by atomic mass is 10.1. The molecule has 1 rings (SSSR count). The minimum Gasteiger partial charge on any atom is -0.313 e. The molecule has 0 aromatic heterocycles. The number of halogens is 1. The molecule has 0 fully saturated rings. The van der Waals surface area contributed by atoms with Gasteiger partial charge in [0.15, 0.2) is 0 Å². The van der Waals surface area contributed by atoms with Crippen LogP contribution in [0.15, 0.2) is 18.2 Å². The molecule has 1 nitrogen and oxygen atoms in total. The maximum Gasteiger partial charge on any atom is 0.128 e. The molecular formula is C12H14FN. The van der Waals surface area contributed by atoms with Crippen LogP contribution in [0.5, 0.6) is 0 Å². The van der Waals surface area contributed by atoms with Crippen molar-refractivity contribution in [1.29, 1.82) is 0 Å². The molecule has 2 heteroatoms. The van der Waals surface area contributed by atoms with Crippen LogP contribution >= 0.6 is 0 Å². The third-order valence-corrected chi connectivity index (χ3v) is 1.89. The number of hydrogen-bond donors (Lipinski definition) is 1. The highest BCUT2D eigenvalue weighted by atomic mass is 19.1. The lowest BCUT2D eigenvalue weighted by molar-refractivity contribution is 0.593. The van der Waals surface area contributed by atoms with E-state index in [4.69, 9.17) is 0 Å². The Balaban J connectivity index is 2.82. The van der Waals surface area contributed by atoms with Crippen LogP contribution in [0.25, 0.3) is 0 Å². The Kier molecular flexibility index (Phi) is 4.15. The van der Waals surface area contributed by atoms with E-state index in [0.29, 0.717) is 12.1 Å². The van der Waals surface area contributed by atoms with Crippen molar-refractivity contribution in [3.8, 4) is 11.8 Å². The lowest BCUT2D eigenvalue weighted by Gasteiger charge is -2.03. The van der Waals surface area contributed by atoms with Gasteiger partial charge in [0.1, 0.15) is 5.82 Å². The van der Waals surface area contributed by atoms with Crippen molar-refractivity contribution in [2.75, 3.05) is 6.54 Å². The third kappa shape index (κ3) is 2.86. The van der Waals surface area contributed by atoms with E-state index >= 15 is 0 Å². The molecule has 0 saturated heterocycles. The third-order valence-electron chi connectivity index (χ3n) is 1.89. The summed E-state index contributed by atoms with van der Waals surface area (Å²) in [6.07, 6.45) is 0. The Morgan fingerprint density at radius 3 is 2.79 bits per heavy atom. The molecule has 1 aromatic carbocycles. The standard InChI is InChI=1S/C12H14FN/c1-3-5-10-6-7-11(9-14-4-2)12(13)8-10/h6-8,14H,4,9H2,1-2H3. The summed E-state index contributed by atoms with van der Waals surface area (Å²) in [7, 11) is 0. The van der Waals surface area contributed by atoms with E-state index in [1.54, 1.807) is 13.0 Å².